The Morgan fingerprint density at radius 3 is 2.71 bits per heavy atom. The summed E-state index contributed by atoms with van der Waals surface area (Å²) in [6.45, 7) is 4.82. The van der Waals surface area contributed by atoms with E-state index in [4.69, 9.17) is 4.74 Å². The van der Waals surface area contributed by atoms with Crippen LogP contribution < -0.4 is 0 Å². The maximum Gasteiger partial charge on any atom is 0.333 e. The Hall–Kier alpha value is -2.53. The maximum atomic E-state index is 11.7. The molecule has 3 N–H and O–H groups in total. The number of carbonyl (C=O) groups is 1. The molecule has 1 heterocycles. The summed E-state index contributed by atoms with van der Waals surface area (Å²) in [5, 5.41) is 20.5. The number of aromatic hydroxyl groups is 1. The molecule has 0 saturated heterocycles. The first-order chi connectivity index (χ1) is 13.0. The Morgan fingerprint density at radius 2 is 2.11 bits per heavy atom. The van der Waals surface area contributed by atoms with Crippen LogP contribution in [0.1, 0.15) is 12.5 Å². The van der Waals surface area contributed by atoms with Gasteiger partial charge in [0.25, 0.3) is 10.1 Å². The van der Waals surface area contributed by atoms with Crippen LogP contribution in [-0.4, -0.2) is 65.3 Å². The van der Waals surface area contributed by atoms with E-state index < -0.39 is 22.2 Å². The number of nitrogens with zero attached hydrogens (tertiary/aromatic N) is 2. The van der Waals surface area contributed by atoms with Gasteiger partial charge in [-0.2, -0.15) is 8.42 Å². The number of ether oxygens (including phenoxy) is 1. The highest BCUT2D eigenvalue weighted by Gasteiger charge is 2.21. The van der Waals surface area contributed by atoms with Crippen molar-refractivity contribution in [2.45, 2.75) is 24.5 Å². The van der Waals surface area contributed by atoms with E-state index >= 15 is 0 Å². The predicted molar refractivity (Wildman–Crippen MR) is 101 cm³/mol. The van der Waals surface area contributed by atoms with E-state index in [1.165, 1.54) is 31.3 Å². The van der Waals surface area contributed by atoms with E-state index in [1.807, 2.05) is 0 Å². The van der Waals surface area contributed by atoms with Crippen LogP contribution in [0.25, 0.3) is 10.9 Å². The van der Waals surface area contributed by atoms with E-state index in [0.29, 0.717) is 0 Å². The van der Waals surface area contributed by atoms with Gasteiger partial charge in [0.15, 0.2) is 0 Å². The maximum absolute atomic E-state index is 11.7. The van der Waals surface area contributed by atoms with Gasteiger partial charge in [-0.3, -0.25) is 14.4 Å². The first kappa shape index (κ1) is 21.8. The summed E-state index contributed by atoms with van der Waals surface area (Å²) in [7, 11) is -2.91. The molecular weight excluding hydrogens is 388 g/mol. The van der Waals surface area contributed by atoms with Crippen molar-refractivity contribution in [1.29, 1.82) is 0 Å². The summed E-state index contributed by atoms with van der Waals surface area (Å²) >= 11 is 0. The molecule has 28 heavy (non-hydrogen) atoms. The van der Waals surface area contributed by atoms with Gasteiger partial charge in [-0.1, -0.05) is 6.58 Å². The third-order valence-electron chi connectivity index (χ3n) is 3.90. The summed E-state index contributed by atoms with van der Waals surface area (Å²) in [6.07, 6.45) is 0.387. The molecule has 0 bridgehead atoms. The topological polar surface area (TPSA) is 137 Å². The molecule has 1 aromatic carbocycles. The van der Waals surface area contributed by atoms with Gasteiger partial charge in [-0.25, -0.2) is 4.79 Å². The van der Waals surface area contributed by atoms with Crippen LogP contribution in [0.5, 0.6) is 5.75 Å². The molecule has 1 unspecified atom stereocenters. The monoisotopic (exact) mass is 410 g/mol. The largest absolute Gasteiger partial charge is 0.505 e. The molecular formula is C18H22N2O7S. The zero-order valence-corrected chi connectivity index (χ0v) is 16.3. The Balaban J connectivity index is 2.20. The minimum Gasteiger partial charge on any atom is -0.505 e. The second-order valence-electron chi connectivity index (χ2n) is 6.49. The molecule has 2 rings (SSSR count). The number of pyridine rings is 1. The zero-order valence-electron chi connectivity index (χ0n) is 15.5. The summed E-state index contributed by atoms with van der Waals surface area (Å²) < 4.78 is 37.8. The molecule has 1 aromatic heterocycles. The molecule has 152 valence electrons. The van der Waals surface area contributed by atoms with Crippen molar-refractivity contribution in [3.05, 3.63) is 42.1 Å². The SMILES string of the molecule is C=C(C)C(=O)OCC(O)CN(C)Cc1cc(S(=O)(=O)O)c2cccnc2c1O. The van der Waals surface area contributed by atoms with Crippen molar-refractivity contribution in [3.63, 3.8) is 0 Å². The van der Waals surface area contributed by atoms with Crippen LogP contribution in [0.15, 0.2) is 41.4 Å². The van der Waals surface area contributed by atoms with Gasteiger partial charge in [0, 0.05) is 35.8 Å². The second kappa shape index (κ2) is 8.65. The van der Waals surface area contributed by atoms with Gasteiger partial charge in [0.1, 0.15) is 28.9 Å². The first-order valence-electron chi connectivity index (χ1n) is 8.27. The standard InChI is InChI=1S/C18H22N2O7S/c1-11(2)18(23)27-10-13(21)9-20(3)8-12-7-15(28(24,25)26)14-5-4-6-19-16(14)17(12)22/h4-7,13,21-22H,1,8-10H2,2-3H3,(H,24,25,26). The van der Waals surface area contributed by atoms with Gasteiger partial charge in [0.2, 0.25) is 0 Å². The second-order valence-corrected chi connectivity index (χ2v) is 7.88. The molecule has 10 heteroatoms. The summed E-state index contributed by atoms with van der Waals surface area (Å²) in [5.74, 6) is -0.837. The fraction of sp³-hybridized carbons (Fsp3) is 0.333. The molecule has 0 aliphatic rings. The zero-order chi connectivity index (χ0) is 21.1. The summed E-state index contributed by atoms with van der Waals surface area (Å²) in [4.78, 5) is 16.6. The summed E-state index contributed by atoms with van der Waals surface area (Å²) in [5.41, 5.74) is 0.455. The highest BCUT2D eigenvalue weighted by molar-refractivity contribution is 7.86. The van der Waals surface area contributed by atoms with E-state index in [1.54, 1.807) is 11.9 Å². The van der Waals surface area contributed by atoms with Crippen molar-refractivity contribution in [1.82, 2.24) is 9.88 Å². The molecule has 0 spiro atoms. The quantitative estimate of drug-likeness (QED) is 0.332. The molecule has 0 fully saturated rings. The number of hydrogen-bond donors (Lipinski definition) is 3. The molecule has 1 atom stereocenters. The molecule has 0 amide bonds. The lowest BCUT2D eigenvalue weighted by molar-refractivity contribution is -0.142. The lowest BCUT2D eigenvalue weighted by atomic mass is 10.1. The third-order valence-corrected chi connectivity index (χ3v) is 4.80. The average molecular weight is 410 g/mol. The molecule has 0 aliphatic carbocycles. The number of carbonyl (C=O) groups excluding carboxylic acids is 1. The normalized spacial score (nSPS) is 12.9. The Bertz CT molecular complexity index is 1000. The fourth-order valence-electron chi connectivity index (χ4n) is 2.65. The van der Waals surface area contributed by atoms with Crippen LogP contribution in [0.3, 0.4) is 0 Å². The number of aromatic nitrogens is 1. The van der Waals surface area contributed by atoms with E-state index in [2.05, 4.69) is 11.6 Å². The molecule has 0 aliphatic heterocycles. The smallest absolute Gasteiger partial charge is 0.333 e. The number of fused-ring (bicyclic) bond motifs is 1. The molecule has 2 aromatic rings. The van der Waals surface area contributed by atoms with Gasteiger partial charge in [-0.15, -0.1) is 0 Å². The number of aliphatic hydroxyl groups excluding tert-OH is 1. The lowest BCUT2D eigenvalue weighted by Gasteiger charge is -2.21. The van der Waals surface area contributed by atoms with Gasteiger partial charge in [0.05, 0.1) is 0 Å². The number of aliphatic hydroxyl groups is 1. The molecule has 0 saturated carbocycles. The van der Waals surface area contributed by atoms with E-state index in [-0.39, 0.29) is 52.4 Å². The third kappa shape index (κ3) is 5.26. The molecule has 0 radical (unpaired) electrons. The summed E-state index contributed by atoms with van der Waals surface area (Å²) in [6, 6.07) is 4.09. The lowest BCUT2D eigenvalue weighted by Crippen LogP contribution is -2.32. The average Bonchev–Trinajstić information content (AvgIpc) is 2.60. The highest BCUT2D eigenvalue weighted by Crippen LogP contribution is 2.33. The van der Waals surface area contributed by atoms with Gasteiger partial charge in [-0.05, 0) is 32.2 Å². The van der Waals surface area contributed by atoms with E-state index in [0.717, 1.165) is 0 Å². The van der Waals surface area contributed by atoms with Gasteiger partial charge < -0.3 is 14.9 Å². The predicted octanol–water partition coefficient (Wildman–Crippen LogP) is 1.10. The minimum absolute atomic E-state index is 0.0389. The van der Waals surface area contributed by atoms with Crippen molar-refractivity contribution >= 4 is 27.0 Å². The first-order valence-corrected chi connectivity index (χ1v) is 9.71. The minimum atomic E-state index is -4.54. The highest BCUT2D eigenvalue weighted by atomic mass is 32.2. The Morgan fingerprint density at radius 1 is 1.43 bits per heavy atom. The van der Waals surface area contributed by atoms with Crippen molar-refractivity contribution < 1.29 is 32.7 Å². The number of likely N-dealkylation sites (N-methyl/N-ethyl adjacent to an activating group) is 1. The van der Waals surface area contributed by atoms with Crippen molar-refractivity contribution in [2.24, 2.45) is 0 Å². The van der Waals surface area contributed by atoms with Gasteiger partial charge >= 0.3 is 5.97 Å². The number of phenols is 1. The number of rotatable bonds is 8. The van der Waals surface area contributed by atoms with Crippen molar-refractivity contribution in [3.8, 4) is 5.75 Å². The van der Waals surface area contributed by atoms with E-state index in [9.17, 15) is 28.0 Å². The number of benzene rings is 1. The van der Waals surface area contributed by atoms with Crippen LogP contribution in [0.4, 0.5) is 0 Å². The molecule has 9 nitrogen and oxygen atoms in total. The number of hydrogen-bond acceptors (Lipinski definition) is 8. The number of phenolic OH excluding ortho intramolecular Hbond substituents is 1. The van der Waals surface area contributed by atoms with Crippen molar-refractivity contribution in [2.75, 3.05) is 20.2 Å². The number of esters is 1. The van der Waals surface area contributed by atoms with Crippen LogP contribution in [0, 0.1) is 0 Å². The van der Waals surface area contributed by atoms with Crippen LogP contribution >= 0.6 is 0 Å². The van der Waals surface area contributed by atoms with Crippen LogP contribution in [0.2, 0.25) is 0 Å². The van der Waals surface area contributed by atoms with Crippen LogP contribution in [-0.2, 0) is 26.2 Å². The Kier molecular flexibility index (Phi) is 6.73. The fourth-order valence-corrected chi connectivity index (χ4v) is 3.38. The Labute approximate surface area is 162 Å².